The summed E-state index contributed by atoms with van der Waals surface area (Å²) in [4.78, 5) is 21.4. The van der Waals surface area contributed by atoms with Gasteiger partial charge >= 0.3 is 0 Å². The third-order valence-corrected chi connectivity index (χ3v) is 4.42. The summed E-state index contributed by atoms with van der Waals surface area (Å²) in [6.45, 7) is 1.82. The molecule has 1 spiro atoms. The first-order valence-electron chi connectivity index (χ1n) is 7.68. The molecule has 0 bridgehead atoms. The fraction of sp³-hybridized carbons (Fsp3) is 0.467. The van der Waals surface area contributed by atoms with Crippen LogP contribution in [0, 0.1) is 17.0 Å². The summed E-state index contributed by atoms with van der Waals surface area (Å²) in [6, 6.07) is 5.08. The van der Waals surface area contributed by atoms with Gasteiger partial charge in [0.25, 0.3) is 5.69 Å². The Balaban J connectivity index is 2.16. The molecule has 8 heteroatoms. The largest absolute Gasteiger partial charge is 0.369 e. The lowest BCUT2D eigenvalue weighted by Crippen LogP contribution is -2.58. The summed E-state index contributed by atoms with van der Waals surface area (Å²) in [5, 5.41) is 11.5. The number of benzene rings is 1. The lowest BCUT2D eigenvalue weighted by Gasteiger charge is -2.45. The van der Waals surface area contributed by atoms with E-state index in [4.69, 9.17) is 11.5 Å². The van der Waals surface area contributed by atoms with Crippen molar-refractivity contribution < 1.29 is 4.92 Å². The number of nitro benzene ring substituents is 1. The number of aryl methyl sites for hydroxylation is 1. The third-order valence-electron chi connectivity index (χ3n) is 4.42. The minimum absolute atomic E-state index is 0.00349. The maximum absolute atomic E-state index is 11.5. The first-order valence-corrected chi connectivity index (χ1v) is 7.68. The number of hydrogen-bond acceptors (Lipinski definition) is 7. The molecule has 23 heavy (non-hydrogen) atoms. The molecule has 0 aromatic heterocycles. The summed E-state index contributed by atoms with van der Waals surface area (Å²) in [7, 11) is 0. The first-order chi connectivity index (χ1) is 10.9. The van der Waals surface area contributed by atoms with E-state index in [1.165, 1.54) is 0 Å². The number of aliphatic imine (C=N–C) groups is 2. The van der Waals surface area contributed by atoms with E-state index in [1.54, 1.807) is 17.0 Å². The van der Waals surface area contributed by atoms with Gasteiger partial charge in [0.15, 0.2) is 0 Å². The van der Waals surface area contributed by atoms with E-state index < -0.39 is 10.6 Å². The molecule has 1 aliphatic heterocycles. The smallest absolute Gasteiger partial charge is 0.293 e. The van der Waals surface area contributed by atoms with Crippen molar-refractivity contribution in [2.75, 3.05) is 4.90 Å². The monoisotopic (exact) mass is 316 g/mol. The van der Waals surface area contributed by atoms with E-state index in [2.05, 4.69) is 9.98 Å². The molecule has 3 rings (SSSR count). The Bertz CT molecular complexity index is 706. The van der Waals surface area contributed by atoms with E-state index in [9.17, 15) is 10.1 Å². The maximum atomic E-state index is 11.5. The van der Waals surface area contributed by atoms with Crippen molar-refractivity contribution in [3.8, 4) is 0 Å². The summed E-state index contributed by atoms with van der Waals surface area (Å²) in [5.74, 6) is 0.293. The molecule has 0 radical (unpaired) electrons. The zero-order valence-corrected chi connectivity index (χ0v) is 13.0. The van der Waals surface area contributed by atoms with E-state index in [-0.39, 0.29) is 17.6 Å². The van der Waals surface area contributed by atoms with Crippen molar-refractivity contribution in [1.29, 1.82) is 0 Å². The number of nitrogens with two attached hydrogens (primary N) is 2. The molecule has 0 amide bonds. The Morgan fingerprint density at radius 3 is 2.61 bits per heavy atom. The van der Waals surface area contributed by atoms with Gasteiger partial charge < -0.3 is 11.5 Å². The molecule has 8 nitrogen and oxygen atoms in total. The quantitative estimate of drug-likeness (QED) is 0.638. The molecule has 1 fully saturated rings. The van der Waals surface area contributed by atoms with Crippen LogP contribution in [0.15, 0.2) is 28.2 Å². The fourth-order valence-electron chi connectivity index (χ4n) is 3.44. The van der Waals surface area contributed by atoms with Crippen LogP contribution in [0.5, 0.6) is 0 Å². The fourth-order valence-corrected chi connectivity index (χ4v) is 3.44. The van der Waals surface area contributed by atoms with E-state index in [0.29, 0.717) is 5.69 Å². The number of nitrogens with zero attached hydrogens (tertiary/aromatic N) is 4. The molecule has 0 unspecified atom stereocenters. The zero-order chi connectivity index (χ0) is 16.6. The second-order valence-corrected chi connectivity index (χ2v) is 6.07. The summed E-state index contributed by atoms with van der Waals surface area (Å²) < 4.78 is 0. The number of guanidine groups is 2. The average molecular weight is 316 g/mol. The second-order valence-electron chi connectivity index (χ2n) is 6.07. The van der Waals surface area contributed by atoms with Crippen LogP contribution in [0.2, 0.25) is 0 Å². The van der Waals surface area contributed by atoms with Crippen molar-refractivity contribution in [2.45, 2.75) is 44.7 Å². The third kappa shape index (κ3) is 2.60. The lowest BCUT2D eigenvalue weighted by atomic mass is 9.87. The van der Waals surface area contributed by atoms with Crippen LogP contribution >= 0.6 is 0 Å². The summed E-state index contributed by atoms with van der Waals surface area (Å²) in [6.07, 6.45) is 4.54. The number of anilines is 1. The molecule has 1 aromatic carbocycles. The van der Waals surface area contributed by atoms with Crippen molar-refractivity contribution in [3.63, 3.8) is 0 Å². The Morgan fingerprint density at radius 2 is 1.96 bits per heavy atom. The van der Waals surface area contributed by atoms with Crippen molar-refractivity contribution >= 4 is 23.3 Å². The minimum Gasteiger partial charge on any atom is -0.369 e. The predicted molar refractivity (Wildman–Crippen MR) is 89.4 cm³/mol. The summed E-state index contributed by atoms with van der Waals surface area (Å²) in [5.41, 5.74) is 12.5. The Kier molecular flexibility index (Phi) is 3.67. The van der Waals surface area contributed by atoms with Crippen LogP contribution in [0.1, 0.15) is 37.7 Å². The minimum atomic E-state index is -0.672. The zero-order valence-electron chi connectivity index (χ0n) is 13.0. The molecule has 1 aliphatic carbocycles. The summed E-state index contributed by atoms with van der Waals surface area (Å²) >= 11 is 0. The van der Waals surface area contributed by atoms with Crippen LogP contribution in [0.25, 0.3) is 0 Å². The van der Waals surface area contributed by atoms with Gasteiger partial charge in [-0.25, -0.2) is 4.99 Å². The van der Waals surface area contributed by atoms with Gasteiger partial charge in [-0.3, -0.25) is 15.0 Å². The van der Waals surface area contributed by atoms with Crippen molar-refractivity contribution in [3.05, 3.63) is 33.9 Å². The van der Waals surface area contributed by atoms with Crippen LogP contribution in [0.4, 0.5) is 11.4 Å². The van der Waals surface area contributed by atoms with Crippen LogP contribution in [-0.2, 0) is 0 Å². The molecule has 1 aromatic rings. The van der Waals surface area contributed by atoms with E-state index in [1.807, 2.05) is 13.0 Å². The highest BCUT2D eigenvalue weighted by molar-refractivity contribution is 6.06. The van der Waals surface area contributed by atoms with Gasteiger partial charge in [0.05, 0.1) is 4.92 Å². The number of nitro groups is 1. The normalized spacial score (nSPS) is 20.1. The van der Waals surface area contributed by atoms with Gasteiger partial charge in [0.1, 0.15) is 11.4 Å². The lowest BCUT2D eigenvalue weighted by molar-refractivity contribution is -0.384. The number of rotatable bonds is 2. The SMILES string of the molecule is Cc1ccc(N2C(N)=NC(N)=NC23CCCCC3)c([N+](=O)[O-])c1. The predicted octanol–water partition coefficient (Wildman–Crippen LogP) is 2.01. The van der Waals surface area contributed by atoms with Crippen molar-refractivity contribution in [2.24, 2.45) is 21.5 Å². The highest BCUT2D eigenvalue weighted by Crippen LogP contribution is 2.42. The Hall–Kier alpha value is -2.64. The standard InChI is InChI=1S/C15H20N6O2/c1-10-5-6-11(12(9-10)21(22)23)20-14(17)18-13(16)19-15(20)7-3-2-4-8-15/h5-6,9H,2-4,7-8H2,1H3,(H4,16,17,18,19). The first kappa shape index (κ1) is 15.3. The van der Waals surface area contributed by atoms with Gasteiger partial charge in [-0.05, 0) is 44.2 Å². The molecule has 1 saturated carbocycles. The van der Waals surface area contributed by atoms with Crippen molar-refractivity contribution in [1.82, 2.24) is 0 Å². The van der Waals surface area contributed by atoms with Gasteiger partial charge in [0, 0.05) is 6.07 Å². The topological polar surface area (TPSA) is 123 Å². The second kappa shape index (κ2) is 5.53. The molecule has 0 atom stereocenters. The molecule has 2 aliphatic rings. The Labute approximate surface area is 134 Å². The average Bonchev–Trinajstić information content (AvgIpc) is 2.48. The van der Waals surface area contributed by atoms with Crippen LogP contribution in [-0.4, -0.2) is 22.5 Å². The molecular weight excluding hydrogens is 296 g/mol. The van der Waals surface area contributed by atoms with Gasteiger partial charge in [-0.2, -0.15) is 4.99 Å². The molecule has 4 N–H and O–H groups in total. The molecule has 0 saturated heterocycles. The maximum Gasteiger partial charge on any atom is 0.293 e. The highest BCUT2D eigenvalue weighted by Gasteiger charge is 2.44. The van der Waals surface area contributed by atoms with Crippen LogP contribution in [0.3, 0.4) is 0 Å². The van der Waals surface area contributed by atoms with E-state index >= 15 is 0 Å². The van der Waals surface area contributed by atoms with Gasteiger partial charge in [0.2, 0.25) is 11.9 Å². The van der Waals surface area contributed by atoms with E-state index in [0.717, 1.165) is 37.7 Å². The van der Waals surface area contributed by atoms with Gasteiger partial charge in [-0.1, -0.05) is 12.5 Å². The highest BCUT2D eigenvalue weighted by atomic mass is 16.6. The Morgan fingerprint density at radius 1 is 1.26 bits per heavy atom. The molecular formula is C15H20N6O2. The molecule has 1 heterocycles. The van der Waals surface area contributed by atoms with Crippen LogP contribution < -0.4 is 16.4 Å². The van der Waals surface area contributed by atoms with Gasteiger partial charge in [-0.15, -0.1) is 0 Å². The molecule has 122 valence electrons. The number of hydrogen-bond donors (Lipinski definition) is 2.